The van der Waals surface area contributed by atoms with Crippen molar-refractivity contribution in [3.8, 4) is 16.9 Å². The molecule has 0 atom stereocenters. The van der Waals surface area contributed by atoms with Crippen molar-refractivity contribution in [1.29, 1.82) is 0 Å². The van der Waals surface area contributed by atoms with E-state index in [1.807, 2.05) is 13.0 Å². The smallest absolute Gasteiger partial charge is 0.269 e. The second kappa shape index (κ2) is 7.99. The first kappa shape index (κ1) is 21.9. The van der Waals surface area contributed by atoms with Gasteiger partial charge in [-0.05, 0) is 42.8 Å². The Balaban J connectivity index is 2.17. The van der Waals surface area contributed by atoms with Gasteiger partial charge in [0.15, 0.2) is 0 Å². The molecule has 1 heterocycles. The number of hydrogen-bond acceptors (Lipinski definition) is 5. The number of methoxy groups -OCH3 is 1. The van der Waals surface area contributed by atoms with Crippen molar-refractivity contribution in [3.63, 3.8) is 0 Å². The van der Waals surface area contributed by atoms with Crippen LogP contribution in [0.1, 0.15) is 5.56 Å². The molecule has 0 saturated carbocycles. The van der Waals surface area contributed by atoms with Crippen LogP contribution in [0.5, 0.6) is 5.75 Å². The molecule has 1 N–H and O–H groups in total. The van der Waals surface area contributed by atoms with Crippen LogP contribution in [0.2, 0.25) is 0 Å². The summed E-state index contributed by atoms with van der Waals surface area (Å²) in [6, 6.07) is 20.4. The molecular formula is C23H22N2O5S2. The molecule has 0 spiro atoms. The number of fused-ring (bicyclic) bond motifs is 1. The van der Waals surface area contributed by atoms with E-state index in [1.165, 1.54) is 19.2 Å². The minimum atomic E-state index is -4.14. The van der Waals surface area contributed by atoms with Crippen molar-refractivity contribution in [2.45, 2.75) is 11.8 Å². The number of rotatable bonds is 6. The first-order chi connectivity index (χ1) is 15.1. The summed E-state index contributed by atoms with van der Waals surface area (Å²) in [7, 11) is -6.44. The number of aryl methyl sites for hydroxylation is 1. The van der Waals surface area contributed by atoms with Crippen LogP contribution in [0.25, 0.3) is 22.0 Å². The number of ether oxygens (including phenoxy) is 1. The monoisotopic (exact) mass is 470 g/mol. The fourth-order valence-corrected chi connectivity index (χ4v) is 5.69. The molecule has 1 aromatic heterocycles. The number of benzene rings is 3. The average molecular weight is 471 g/mol. The quantitative estimate of drug-likeness (QED) is 0.455. The molecule has 4 aromatic rings. The predicted molar refractivity (Wildman–Crippen MR) is 126 cm³/mol. The highest BCUT2D eigenvalue weighted by atomic mass is 32.2. The van der Waals surface area contributed by atoms with E-state index in [0.717, 1.165) is 15.8 Å². The maximum absolute atomic E-state index is 13.8. The van der Waals surface area contributed by atoms with E-state index in [1.54, 1.807) is 54.6 Å². The lowest BCUT2D eigenvalue weighted by Gasteiger charge is -2.14. The fraction of sp³-hybridized carbons (Fsp3) is 0.130. The molecule has 4 rings (SSSR count). The number of nitrogens with one attached hydrogen (secondary N) is 1. The summed E-state index contributed by atoms with van der Waals surface area (Å²) >= 11 is 0. The molecule has 9 heteroatoms. The van der Waals surface area contributed by atoms with Gasteiger partial charge in [-0.2, -0.15) is 0 Å². The van der Waals surface area contributed by atoms with Crippen LogP contribution in [0.4, 0.5) is 5.82 Å². The van der Waals surface area contributed by atoms with Gasteiger partial charge >= 0.3 is 0 Å². The Morgan fingerprint density at radius 3 is 2.12 bits per heavy atom. The first-order valence-corrected chi connectivity index (χ1v) is 13.0. The Bertz CT molecular complexity index is 1510. The van der Waals surface area contributed by atoms with Crippen LogP contribution in [0.3, 0.4) is 0 Å². The third-order valence-electron chi connectivity index (χ3n) is 5.04. The lowest BCUT2D eigenvalue weighted by Crippen LogP contribution is -2.19. The Labute approximate surface area is 187 Å². The van der Waals surface area contributed by atoms with Crippen molar-refractivity contribution in [3.05, 3.63) is 78.4 Å². The van der Waals surface area contributed by atoms with Gasteiger partial charge in [-0.25, -0.2) is 20.8 Å². The van der Waals surface area contributed by atoms with Crippen molar-refractivity contribution >= 4 is 36.8 Å². The zero-order valence-corrected chi connectivity index (χ0v) is 19.4. The number of aromatic nitrogens is 1. The van der Waals surface area contributed by atoms with E-state index in [2.05, 4.69) is 4.72 Å². The molecule has 0 aliphatic carbocycles. The Morgan fingerprint density at radius 2 is 1.53 bits per heavy atom. The molecule has 0 amide bonds. The maximum Gasteiger partial charge on any atom is 0.269 e. The molecule has 0 unspecified atom stereocenters. The molecular weight excluding hydrogens is 448 g/mol. The summed E-state index contributed by atoms with van der Waals surface area (Å²) in [4.78, 5) is 0.0481. The summed E-state index contributed by atoms with van der Waals surface area (Å²) in [5.74, 6) is 0.466. The Morgan fingerprint density at radius 1 is 0.875 bits per heavy atom. The van der Waals surface area contributed by atoms with E-state index >= 15 is 0 Å². The zero-order chi connectivity index (χ0) is 23.1. The highest BCUT2D eigenvalue weighted by molar-refractivity contribution is 7.92. The number of hydrogen-bond donors (Lipinski definition) is 1. The van der Waals surface area contributed by atoms with Gasteiger partial charge in [0.2, 0.25) is 10.0 Å². The Kier molecular flexibility index (Phi) is 5.47. The van der Waals surface area contributed by atoms with Gasteiger partial charge in [-0.3, -0.25) is 4.72 Å². The SMILES string of the molecule is COc1ccc2c(c1)c(-c1ccccc1)c(NS(C)(=O)=O)n2S(=O)(=O)c1ccc(C)cc1. The molecule has 0 radical (unpaired) electrons. The molecule has 166 valence electrons. The Hall–Kier alpha value is -3.30. The van der Waals surface area contributed by atoms with E-state index < -0.39 is 20.0 Å². The van der Waals surface area contributed by atoms with E-state index in [-0.39, 0.29) is 10.7 Å². The van der Waals surface area contributed by atoms with Crippen LogP contribution < -0.4 is 9.46 Å². The van der Waals surface area contributed by atoms with Gasteiger partial charge in [-0.15, -0.1) is 0 Å². The van der Waals surface area contributed by atoms with Crippen LogP contribution in [0, 0.1) is 6.92 Å². The van der Waals surface area contributed by atoms with Crippen molar-refractivity contribution in [2.75, 3.05) is 18.1 Å². The number of anilines is 1. The highest BCUT2D eigenvalue weighted by Crippen LogP contribution is 2.42. The van der Waals surface area contributed by atoms with Crippen LogP contribution in [0.15, 0.2) is 77.7 Å². The second-order valence-corrected chi connectivity index (χ2v) is 11.0. The lowest BCUT2D eigenvalue weighted by molar-refractivity contribution is 0.415. The highest BCUT2D eigenvalue weighted by Gasteiger charge is 2.29. The molecule has 32 heavy (non-hydrogen) atoms. The molecule has 0 bridgehead atoms. The average Bonchev–Trinajstić information content (AvgIpc) is 3.06. The minimum Gasteiger partial charge on any atom is -0.497 e. The van der Waals surface area contributed by atoms with Gasteiger partial charge in [0, 0.05) is 10.9 Å². The van der Waals surface area contributed by atoms with E-state index in [4.69, 9.17) is 4.74 Å². The zero-order valence-electron chi connectivity index (χ0n) is 17.7. The summed E-state index contributed by atoms with van der Waals surface area (Å²) in [5.41, 5.74) is 2.34. The summed E-state index contributed by atoms with van der Waals surface area (Å²) in [5, 5.41) is 0.539. The van der Waals surface area contributed by atoms with Crippen LogP contribution >= 0.6 is 0 Å². The largest absolute Gasteiger partial charge is 0.497 e. The van der Waals surface area contributed by atoms with Gasteiger partial charge in [0.25, 0.3) is 10.0 Å². The minimum absolute atomic E-state index is 0.0481. The van der Waals surface area contributed by atoms with E-state index in [0.29, 0.717) is 27.8 Å². The topological polar surface area (TPSA) is 94.5 Å². The third-order valence-corrected chi connectivity index (χ3v) is 7.33. The van der Waals surface area contributed by atoms with Crippen molar-refractivity contribution in [2.24, 2.45) is 0 Å². The number of nitrogens with zero attached hydrogens (tertiary/aromatic N) is 1. The maximum atomic E-state index is 13.8. The molecule has 0 aliphatic heterocycles. The number of sulfonamides is 1. The van der Waals surface area contributed by atoms with Gasteiger partial charge in [0.1, 0.15) is 11.6 Å². The summed E-state index contributed by atoms with van der Waals surface area (Å²) < 4.78 is 61.0. The van der Waals surface area contributed by atoms with Crippen molar-refractivity contribution < 1.29 is 21.6 Å². The predicted octanol–water partition coefficient (Wildman–Crippen LogP) is 4.23. The second-order valence-electron chi connectivity index (χ2n) is 7.43. The molecule has 3 aromatic carbocycles. The third kappa shape index (κ3) is 3.96. The van der Waals surface area contributed by atoms with Gasteiger partial charge in [-0.1, -0.05) is 48.0 Å². The first-order valence-electron chi connectivity index (χ1n) is 9.70. The molecule has 7 nitrogen and oxygen atoms in total. The van der Waals surface area contributed by atoms with E-state index in [9.17, 15) is 16.8 Å². The summed E-state index contributed by atoms with van der Waals surface area (Å²) in [6.45, 7) is 1.86. The summed E-state index contributed by atoms with van der Waals surface area (Å²) in [6.07, 6.45) is 0.989. The molecule has 0 fully saturated rings. The van der Waals surface area contributed by atoms with Crippen LogP contribution in [-0.4, -0.2) is 34.2 Å². The molecule has 0 aliphatic rings. The van der Waals surface area contributed by atoms with Gasteiger partial charge in [0.05, 0.1) is 23.8 Å². The fourth-order valence-electron chi connectivity index (χ4n) is 3.60. The van der Waals surface area contributed by atoms with Crippen molar-refractivity contribution in [1.82, 2.24) is 3.97 Å². The molecule has 0 saturated heterocycles. The lowest BCUT2D eigenvalue weighted by atomic mass is 10.0. The van der Waals surface area contributed by atoms with Crippen LogP contribution in [-0.2, 0) is 20.0 Å². The van der Waals surface area contributed by atoms with Gasteiger partial charge < -0.3 is 4.74 Å². The normalized spacial score (nSPS) is 12.1. The standard InChI is InChI=1S/C23H22N2O5S2/c1-16-9-12-19(13-10-16)32(28,29)25-21-14-11-18(30-2)15-20(21)22(17-7-5-4-6-8-17)23(25)24-31(3,26)27/h4-15,24H,1-3H3.